The van der Waals surface area contributed by atoms with Crippen LogP contribution in [0, 0.1) is 6.92 Å². The molecular formula is C20H25N3. The fraction of sp³-hybridized carbons (Fsp3) is 0.350. The number of fused-ring (bicyclic) bond motifs is 1. The lowest BCUT2D eigenvalue weighted by molar-refractivity contribution is 0.292. The molecule has 1 aromatic heterocycles. The fourth-order valence-electron chi connectivity index (χ4n) is 3.09. The number of benzene rings is 2. The van der Waals surface area contributed by atoms with Gasteiger partial charge in [-0.3, -0.25) is 0 Å². The molecule has 0 saturated carbocycles. The van der Waals surface area contributed by atoms with E-state index in [-0.39, 0.29) is 0 Å². The molecule has 0 fully saturated rings. The summed E-state index contributed by atoms with van der Waals surface area (Å²) in [4.78, 5) is 7.35. The topological polar surface area (TPSA) is 21.1 Å². The van der Waals surface area contributed by atoms with Gasteiger partial charge in [0.2, 0.25) is 0 Å². The summed E-state index contributed by atoms with van der Waals surface area (Å²) in [5.74, 6) is 1.07. The number of aromatic nitrogens is 2. The third kappa shape index (κ3) is 3.30. The largest absolute Gasteiger partial charge is 0.323 e. The maximum atomic E-state index is 4.90. The van der Waals surface area contributed by atoms with Crippen molar-refractivity contribution >= 4 is 11.0 Å². The molecule has 2 aromatic carbocycles. The minimum atomic E-state index is 0.964. The average molecular weight is 307 g/mol. The summed E-state index contributed by atoms with van der Waals surface area (Å²) in [6.07, 6.45) is 0. The van der Waals surface area contributed by atoms with Crippen LogP contribution in [0.15, 0.2) is 48.5 Å². The fourth-order valence-corrected chi connectivity index (χ4v) is 3.09. The normalized spacial score (nSPS) is 11.5. The van der Waals surface area contributed by atoms with E-state index in [0.29, 0.717) is 0 Å². The first kappa shape index (κ1) is 15.8. The Labute approximate surface area is 138 Å². The SMILES string of the molecule is CCN(CC)CCn1c(-c2cccc(C)c2)nc2ccccc21. The van der Waals surface area contributed by atoms with E-state index in [9.17, 15) is 0 Å². The average Bonchev–Trinajstić information content (AvgIpc) is 2.95. The summed E-state index contributed by atoms with van der Waals surface area (Å²) < 4.78 is 2.36. The molecule has 3 rings (SSSR count). The van der Waals surface area contributed by atoms with Gasteiger partial charge >= 0.3 is 0 Å². The van der Waals surface area contributed by atoms with Crippen molar-refractivity contribution in [2.45, 2.75) is 27.3 Å². The Kier molecular flexibility index (Phi) is 4.77. The van der Waals surface area contributed by atoms with Gasteiger partial charge in [-0.1, -0.05) is 49.7 Å². The van der Waals surface area contributed by atoms with E-state index >= 15 is 0 Å². The summed E-state index contributed by atoms with van der Waals surface area (Å²) in [6, 6.07) is 17.0. The predicted molar refractivity (Wildman–Crippen MR) is 97.7 cm³/mol. The van der Waals surface area contributed by atoms with Crippen molar-refractivity contribution in [1.29, 1.82) is 0 Å². The molecule has 23 heavy (non-hydrogen) atoms. The molecule has 0 saturated heterocycles. The molecule has 0 unspecified atom stereocenters. The van der Waals surface area contributed by atoms with E-state index in [4.69, 9.17) is 4.98 Å². The Bertz CT molecular complexity index is 784. The lowest BCUT2D eigenvalue weighted by Crippen LogP contribution is -2.27. The summed E-state index contributed by atoms with van der Waals surface area (Å²) in [5.41, 5.74) is 4.75. The van der Waals surface area contributed by atoms with Gasteiger partial charge in [-0.25, -0.2) is 4.98 Å². The number of nitrogens with zero attached hydrogens (tertiary/aromatic N) is 3. The van der Waals surface area contributed by atoms with Gasteiger partial charge in [0, 0.05) is 18.7 Å². The summed E-state index contributed by atoms with van der Waals surface area (Å²) in [6.45, 7) is 10.8. The van der Waals surface area contributed by atoms with Gasteiger partial charge in [-0.2, -0.15) is 0 Å². The van der Waals surface area contributed by atoms with Gasteiger partial charge < -0.3 is 9.47 Å². The smallest absolute Gasteiger partial charge is 0.141 e. The molecule has 0 aliphatic heterocycles. The first-order chi connectivity index (χ1) is 11.2. The lowest BCUT2D eigenvalue weighted by atomic mass is 10.1. The van der Waals surface area contributed by atoms with E-state index in [1.165, 1.54) is 16.6 Å². The van der Waals surface area contributed by atoms with Crippen LogP contribution in [0.2, 0.25) is 0 Å². The van der Waals surface area contributed by atoms with Gasteiger partial charge in [0.25, 0.3) is 0 Å². The minimum absolute atomic E-state index is 0.964. The van der Waals surface area contributed by atoms with E-state index in [1.807, 2.05) is 0 Å². The number of aryl methyl sites for hydroxylation is 1. The molecular weight excluding hydrogens is 282 g/mol. The van der Waals surface area contributed by atoms with Crippen LogP contribution >= 0.6 is 0 Å². The summed E-state index contributed by atoms with van der Waals surface area (Å²) in [7, 11) is 0. The van der Waals surface area contributed by atoms with Gasteiger partial charge in [0.15, 0.2) is 0 Å². The zero-order valence-corrected chi connectivity index (χ0v) is 14.3. The van der Waals surface area contributed by atoms with E-state index in [2.05, 4.69) is 78.8 Å². The van der Waals surface area contributed by atoms with Crippen LogP contribution in [0.5, 0.6) is 0 Å². The summed E-state index contributed by atoms with van der Waals surface area (Å²) in [5, 5.41) is 0. The second-order valence-electron chi connectivity index (χ2n) is 5.97. The van der Waals surface area contributed by atoms with Crippen molar-refractivity contribution in [2.24, 2.45) is 0 Å². The highest BCUT2D eigenvalue weighted by atomic mass is 15.2. The molecule has 1 heterocycles. The molecule has 0 spiro atoms. The van der Waals surface area contributed by atoms with E-state index < -0.39 is 0 Å². The number of likely N-dealkylation sites (N-methyl/N-ethyl adjacent to an activating group) is 1. The van der Waals surface area contributed by atoms with Crippen molar-refractivity contribution < 1.29 is 0 Å². The molecule has 3 heteroatoms. The van der Waals surface area contributed by atoms with Gasteiger partial charge in [0.05, 0.1) is 11.0 Å². The monoisotopic (exact) mass is 307 g/mol. The standard InChI is InChI=1S/C20H25N3/c1-4-22(5-2)13-14-23-19-12-7-6-11-18(19)21-20(23)17-10-8-9-16(3)15-17/h6-12,15H,4-5,13-14H2,1-3H3. The number of rotatable bonds is 6. The van der Waals surface area contributed by atoms with Crippen LogP contribution < -0.4 is 0 Å². The zero-order chi connectivity index (χ0) is 16.2. The third-order valence-electron chi connectivity index (χ3n) is 4.47. The predicted octanol–water partition coefficient (Wildman–Crippen LogP) is 4.35. The molecule has 0 atom stereocenters. The molecule has 0 radical (unpaired) electrons. The second-order valence-corrected chi connectivity index (χ2v) is 5.97. The van der Waals surface area contributed by atoms with Crippen LogP contribution in [0.25, 0.3) is 22.4 Å². The maximum absolute atomic E-state index is 4.90. The molecule has 0 amide bonds. The van der Waals surface area contributed by atoms with Crippen molar-refractivity contribution in [3.63, 3.8) is 0 Å². The van der Waals surface area contributed by atoms with Crippen molar-refractivity contribution in [1.82, 2.24) is 14.5 Å². The Hall–Kier alpha value is -2.13. The minimum Gasteiger partial charge on any atom is -0.323 e. The lowest BCUT2D eigenvalue weighted by Gasteiger charge is -2.19. The number of hydrogen-bond acceptors (Lipinski definition) is 2. The van der Waals surface area contributed by atoms with Gasteiger partial charge in [-0.15, -0.1) is 0 Å². The number of imidazole rings is 1. The second kappa shape index (κ2) is 6.97. The Morgan fingerprint density at radius 2 is 1.78 bits per heavy atom. The van der Waals surface area contributed by atoms with Gasteiger partial charge in [-0.05, 0) is 38.2 Å². The highest BCUT2D eigenvalue weighted by Crippen LogP contribution is 2.25. The van der Waals surface area contributed by atoms with Crippen LogP contribution in [0.4, 0.5) is 0 Å². The molecule has 120 valence electrons. The third-order valence-corrected chi connectivity index (χ3v) is 4.47. The zero-order valence-electron chi connectivity index (χ0n) is 14.3. The quantitative estimate of drug-likeness (QED) is 0.675. The first-order valence-electron chi connectivity index (χ1n) is 8.47. The van der Waals surface area contributed by atoms with Crippen molar-refractivity contribution in [2.75, 3.05) is 19.6 Å². The summed E-state index contributed by atoms with van der Waals surface area (Å²) >= 11 is 0. The van der Waals surface area contributed by atoms with Crippen LogP contribution in [-0.2, 0) is 6.54 Å². The molecule has 0 aliphatic carbocycles. The molecule has 3 nitrogen and oxygen atoms in total. The molecule has 0 aliphatic rings. The Morgan fingerprint density at radius 1 is 1.00 bits per heavy atom. The van der Waals surface area contributed by atoms with Crippen molar-refractivity contribution in [3.05, 3.63) is 54.1 Å². The van der Waals surface area contributed by atoms with Crippen molar-refractivity contribution in [3.8, 4) is 11.4 Å². The van der Waals surface area contributed by atoms with Crippen LogP contribution in [0.3, 0.4) is 0 Å². The molecule has 3 aromatic rings. The van der Waals surface area contributed by atoms with Gasteiger partial charge in [0.1, 0.15) is 5.82 Å². The molecule has 0 bridgehead atoms. The van der Waals surface area contributed by atoms with Crippen LogP contribution in [0.1, 0.15) is 19.4 Å². The highest BCUT2D eigenvalue weighted by molar-refractivity contribution is 5.80. The first-order valence-corrected chi connectivity index (χ1v) is 8.47. The number of para-hydroxylation sites is 2. The van der Waals surface area contributed by atoms with E-state index in [0.717, 1.165) is 37.5 Å². The Morgan fingerprint density at radius 3 is 2.52 bits per heavy atom. The Balaban J connectivity index is 2.04. The van der Waals surface area contributed by atoms with Crippen LogP contribution in [-0.4, -0.2) is 34.1 Å². The van der Waals surface area contributed by atoms with E-state index in [1.54, 1.807) is 0 Å². The number of hydrogen-bond donors (Lipinski definition) is 0. The highest BCUT2D eigenvalue weighted by Gasteiger charge is 2.13. The molecule has 0 N–H and O–H groups in total. The maximum Gasteiger partial charge on any atom is 0.141 e.